The van der Waals surface area contributed by atoms with E-state index in [2.05, 4.69) is 17.6 Å². The fraction of sp³-hybridized carbons (Fsp3) is 0.588. The molecule has 0 bridgehead atoms. The number of nitrogens with one attached hydrogen (secondary N) is 2. The topological polar surface area (TPSA) is 59.6 Å². The Morgan fingerprint density at radius 3 is 2.73 bits per heavy atom. The first-order valence-electron chi connectivity index (χ1n) is 7.78. The average Bonchev–Trinajstić information content (AvgIpc) is 2.90. The maximum atomic E-state index is 11.8. The Kier molecular flexibility index (Phi) is 5.29. The van der Waals surface area contributed by atoms with Gasteiger partial charge < -0.3 is 14.8 Å². The lowest BCUT2D eigenvalue weighted by molar-refractivity contribution is 0.0636. The Labute approximate surface area is 132 Å². The number of amides is 1. The van der Waals surface area contributed by atoms with E-state index >= 15 is 0 Å². The van der Waals surface area contributed by atoms with Crippen molar-refractivity contribution in [1.82, 2.24) is 0 Å². The number of rotatable bonds is 4. The van der Waals surface area contributed by atoms with Crippen LogP contribution in [0.4, 0.5) is 16.2 Å². The molecule has 0 saturated carbocycles. The molecule has 1 amide bonds. The summed E-state index contributed by atoms with van der Waals surface area (Å²) in [6, 6.07) is 7.99. The molecule has 1 fully saturated rings. The van der Waals surface area contributed by atoms with Crippen LogP contribution in [0, 0.1) is 5.92 Å². The number of benzene rings is 1. The molecule has 1 heterocycles. The van der Waals surface area contributed by atoms with Crippen LogP contribution < -0.4 is 10.6 Å². The number of anilines is 2. The summed E-state index contributed by atoms with van der Waals surface area (Å²) in [4.78, 5) is 11.8. The Hall–Kier alpha value is -1.75. The lowest BCUT2D eigenvalue weighted by Gasteiger charge is -2.21. The van der Waals surface area contributed by atoms with Gasteiger partial charge in [0.25, 0.3) is 0 Å². The van der Waals surface area contributed by atoms with Crippen LogP contribution in [0.15, 0.2) is 24.3 Å². The molecule has 2 unspecified atom stereocenters. The third kappa shape index (κ3) is 5.22. The van der Waals surface area contributed by atoms with Crippen LogP contribution in [0.1, 0.15) is 34.1 Å². The number of hydrogen-bond acceptors (Lipinski definition) is 4. The molecule has 2 N–H and O–H groups in total. The molecule has 1 aliphatic rings. The second-order valence-electron chi connectivity index (χ2n) is 6.76. The quantitative estimate of drug-likeness (QED) is 0.886. The molecule has 0 aliphatic carbocycles. The van der Waals surface area contributed by atoms with E-state index in [1.54, 1.807) is 0 Å². The first-order valence-corrected chi connectivity index (χ1v) is 7.78. The highest BCUT2D eigenvalue weighted by molar-refractivity contribution is 5.85. The van der Waals surface area contributed by atoms with Crippen molar-refractivity contribution >= 4 is 17.5 Å². The minimum atomic E-state index is -0.503. The van der Waals surface area contributed by atoms with E-state index in [1.807, 2.05) is 45.0 Å². The fourth-order valence-electron chi connectivity index (χ4n) is 2.44. The maximum absolute atomic E-state index is 11.8. The van der Waals surface area contributed by atoms with Crippen molar-refractivity contribution < 1.29 is 14.3 Å². The third-order valence-corrected chi connectivity index (χ3v) is 3.57. The van der Waals surface area contributed by atoms with E-state index in [9.17, 15) is 4.79 Å². The number of carbonyl (C=O) groups excluding carboxylic acids is 1. The fourth-order valence-corrected chi connectivity index (χ4v) is 2.44. The molecule has 5 nitrogen and oxygen atoms in total. The molecule has 1 saturated heterocycles. The minimum Gasteiger partial charge on any atom is -0.444 e. The van der Waals surface area contributed by atoms with Gasteiger partial charge >= 0.3 is 6.09 Å². The average molecular weight is 306 g/mol. The van der Waals surface area contributed by atoms with E-state index in [1.165, 1.54) is 0 Å². The van der Waals surface area contributed by atoms with Gasteiger partial charge in [0.05, 0.1) is 6.61 Å². The molecule has 0 radical (unpaired) electrons. The third-order valence-electron chi connectivity index (χ3n) is 3.57. The van der Waals surface area contributed by atoms with Crippen molar-refractivity contribution in [3.63, 3.8) is 0 Å². The first kappa shape index (κ1) is 16.6. The zero-order chi connectivity index (χ0) is 16.2. The lowest BCUT2D eigenvalue weighted by Crippen LogP contribution is -2.27. The van der Waals surface area contributed by atoms with Crippen LogP contribution in [0.3, 0.4) is 0 Å². The summed E-state index contributed by atoms with van der Waals surface area (Å²) in [5.41, 5.74) is 1.19. The highest BCUT2D eigenvalue weighted by Crippen LogP contribution is 2.22. The predicted octanol–water partition coefficient (Wildman–Crippen LogP) is 3.87. The van der Waals surface area contributed by atoms with Gasteiger partial charge in [0, 0.05) is 29.9 Å². The van der Waals surface area contributed by atoms with Gasteiger partial charge in [-0.3, -0.25) is 5.32 Å². The van der Waals surface area contributed by atoms with Gasteiger partial charge in [0.15, 0.2) is 0 Å². The highest BCUT2D eigenvalue weighted by Gasteiger charge is 2.22. The van der Waals surface area contributed by atoms with Crippen molar-refractivity contribution in [3.8, 4) is 0 Å². The SMILES string of the molecule is CC(Nc1cccc(NC(=O)OC(C)(C)C)c1)C1CCOC1. The molecular weight excluding hydrogens is 280 g/mol. The minimum absolute atomic E-state index is 0.333. The van der Waals surface area contributed by atoms with Crippen LogP contribution in [0.2, 0.25) is 0 Å². The normalized spacial score (nSPS) is 19.5. The predicted molar refractivity (Wildman–Crippen MR) is 88.3 cm³/mol. The summed E-state index contributed by atoms with van der Waals surface area (Å²) >= 11 is 0. The molecular formula is C17H26N2O3. The first-order chi connectivity index (χ1) is 10.3. The molecule has 2 atom stereocenters. The maximum Gasteiger partial charge on any atom is 0.412 e. The molecule has 5 heteroatoms. The summed E-state index contributed by atoms with van der Waals surface area (Å²) in [7, 11) is 0. The summed E-state index contributed by atoms with van der Waals surface area (Å²) in [6.07, 6.45) is 0.645. The molecule has 2 rings (SSSR count). The molecule has 0 aromatic heterocycles. The molecule has 122 valence electrons. The zero-order valence-electron chi connectivity index (χ0n) is 13.8. The second-order valence-corrected chi connectivity index (χ2v) is 6.76. The van der Waals surface area contributed by atoms with Crippen LogP contribution in [0.5, 0.6) is 0 Å². The number of carbonyl (C=O) groups is 1. The van der Waals surface area contributed by atoms with Gasteiger partial charge in [-0.1, -0.05) is 6.07 Å². The summed E-state index contributed by atoms with van der Waals surface area (Å²) in [5.74, 6) is 0.530. The van der Waals surface area contributed by atoms with Crippen LogP contribution >= 0.6 is 0 Å². The number of ether oxygens (including phenoxy) is 2. The van der Waals surface area contributed by atoms with Crippen LogP contribution in [0.25, 0.3) is 0 Å². The van der Waals surface area contributed by atoms with Gasteiger partial charge in [-0.15, -0.1) is 0 Å². The van der Waals surface area contributed by atoms with E-state index in [-0.39, 0.29) is 0 Å². The van der Waals surface area contributed by atoms with Crippen molar-refractivity contribution in [1.29, 1.82) is 0 Å². The van der Waals surface area contributed by atoms with Gasteiger partial charge in [0.1, 0.15) is 5.60 Å². The monoisotopic (exact) mass is 306 g/mol. The Morgan fingerprint density at radius 1 is 1.36 bits per heavy atom. The largest absolute Gasteiger partial charge is 0.444 e. The molecule has 1 aliphatic heterocycles. The van der Waals surface area contributed by atoms with E-state index in [0.29, 0.717) is 17.6 Å². The van der Waals surface area contributed by atoms with Crippen molar-refractivity contribution in [2.45, 2.75) is 45.8 Å². The van der Waals surface area contributed by atoms with E-state index in [0.717, 1.165) is 25.3 Å². The zero-order valence-corrected chi connectivity index (χ0v) is 13.8. The summed E-state index contributed by atoms with van der Waals surface area (Å²) < 4.78 is 10.7. The summed E-state index contributed by atoms with van der Waals surface area (Å²) in [6.45, 7) is 9.34. The van der Waals surface area contributed by atoms with Crippen LogP contribution in [-0.2, 0) is 9.47 Å². The molecule has 0 spiro atoms. The van der Waals surface area contributed by atoms with Gasteiger partial charge in [0.2, 0.25) is 0 Å². The van der Waals surface area contributed by atoms with Crippen LogP contribution in [-0.4, -0.2) is 30.9 Å². The van der Waals surface area contributed by atoms with Crippen molar-refractivity contribution in [3.05, 3.63) is 24.3 Å². The van der Waals surface area contributed by atoms with Gasteiger partial charge in [-0.05, 0) is 52.3 Å². The van der Waals surface area contributed by atoms with Crippen molar-refractivity contribution in [2.24, 2.45) is 5.92 Å². The van der Waals surface area contributed by atoms with E-state index in [4.69, 9.17) is 9.47 Å². The molecule has 1 aromatic rings. The molecule has 22 heavy (non-hydrogen) atoms. The van der Waals surface area contributed by atoms with Crippen molar-refractivity contribution in [2.75, 3.05) is 23.8 Å². The Morgan fingerprint density at radius 2 is 2.09 bits per heavy atom. The smallest absolute Gasteiger partial charge is 0.412 e. The Bertz CT molecular complexity index is 505. The highest BCUT2D eigenvalue weighted by atomic mass is 16.6. The van der Waals surface area contributed by atoms with Gasteiger partial charge in [-0.25, -0.2) is 4.79 Å². The van der Waals surface area contributed by atoms with Gasteiger partial charge in [-0.2, -0.15) is 0 Å². The second kappa shape index (κ2) is 7.01. The summed E-state index contributed by atoms with van der Waals surface area (Å²) in [5, 5.41) is 6.23. The standard InChI is InChI=1S/C17H26N2O3/c1-12(13-8-9-21-11-13)18-14-6-5-7-15(10-14)19-16(20)22-17(2,3)4/h5-7,10,12-13,18H,8-9,11H2,1-4H3,(H,19,20). The number of hydrogen-bond donors (Lipinski definition) is 2. The lowest BCUT2D eigenvalue weighted by atomic mass is 10.0. The molecule has 1 aromatic carbocycles. The van der Waals surface area contributed by atoms with E-state index < -0.39 is 11.7 Å². The Balaban J connectivity index is 1.93.